The Morgan fingerprint density at radius 3 is 2.56 bits per heavy atom. The zero-order valence-corrected chi connectivity index (χ0v) is 10.2. The first-order chi connectivity index (χ1) is 7.69. The third-order valence-corrected chi connectivity index (χ3v) is 4.55. The molecule has 2 aliphatic carbocycles. The predicted molar refractivity (Wildman–Crippen MR) is 63.1 cm³/mol. The Balaban J connectivity index is 1.66. The summed E-state index contributed by atoms with van der Waals surface area (Å²) >= 11 is 0. The summed E-state index contributed by atoms with van der Waals surface area (Å²) in [5, 5.41) is 3.48. The Labute approximate surface area is 97.6 Å². The predicted octanol–water partition coefficient (Wildman–Crippen LogP) is 1.67. The summed E-state index contributed by atoms with van der Waals surface area (Å²) < 4.78 is 0. The molecule has 90 valence electrons. The molecule has 0 bridgehead atoms. The third kappa shape index (κ3) is 1.75. The molecule has 3 rings (SSSR count). The Kier molecular flexibility index (Phi) is 2.46. The van der Waals surface area contributed by atoms with Gasteiger partial charge < -0.3 is 10.2 Å². The van der Waals surface area contributed by atoms with Gasteiger partial charge in [-0.2, -0.15) is 0 Å². The van der Waals surface area contributed by atoms with Crippen LogP contribution in [0.15, 0.2) is 0 Å². The van der Waals surface area contributed by atoms with Crippen molar-refractivity contribution in [2.24, 2.45) is 0 Å². The molecule has 0 aromatic carbocycles. The monoisotopic (exact) mass is 222 g/mol. The fourth-order valence-electron chi connectivity index (χ4n) is 3.31. The standard InChI is InChI=1S/C13H22N2O/c1-13(7-2-3-8-13)15-9-6-11(12(15)16)14-10-4-5-10/h10-11,14H,2-9H2,1H3. The normalized spacial score (nSPS) is 33.7. The Bertz CT molecular complexity index is 292. The lowest BCUT2D eigenvalue weighted by Gasteiger charge is -2.35. The maximum Gasteiger partial charge on any atom is 0.240 e. The molecular formula is C13H22N2O. The Morgan fingerprint density at radius 1 is 1.25 bits per heavy atom. The van der Waals surface area contributed by atoms with Crippen molar-refractivity contribution in [1.29, 1.82) is 0 Å². The first-order valence-electron chi connectivity index (χ1n) is 6.77. The highest BCUT2D eigenvalue weighted by molar-refractivity contribution is 5.84. The average molecular weight is 222 g/mol. The quantitative estimate of drug-likeness (QED) is 0.788. The van der Waals surface area contributed by atoms with Gasteiger partial charge in [-0.1, -0.05) is 12.8 Å². The lowest BCUT2D eigenvalue weighted by Crippen LogP contribution is -2.48. The van der Waals surface area contributed by atoms with Crippen LogP contribution in [-0.2, 0) is 4.79 Å². The van der Waals surface area contributed by atoms with Gasteiger partial charge in [-0.3, -0.25) is 4.79 Å². The number of amides is 1. The summed E-state index contributed by atoms with van der Waals surface area (Å²) in [6, 6.07) is 0.773. The summed E-state index contributed by atoms with van der Waals surface area (Å²) in [6.07, 6.45) is 8.54. The lowest BCUT2D eigenvalue weighted by molar-refractivity contribution is -0.134. The fourth-order valence-corrected chi connectivity index (χ4v) is 3.31. The van der Waals surface area contributed by atoms with Crippen LogP contribution in [0.1, 0.15) is 51.9 Å². The second kappa shape index (κ2) is 3.73. The Hall–Kier alpha value is -0.570. The second-order valence-corrected chi connectivity index (χ2v) is 5.98. The smallest absolute Gasteiger partial charge is 0.240 e. The molecule has 3 nitrogen and oxygen atoms in total. The van der Waals surface area contributed by atoms with Gasteiger partial charge in [0.2, 0.25) is 5.91 Å². The number of carbonyl (C=O) groups is 1. The van der Waals surface area contributed by atoms with E-state index in [-0.39, 0.29) is 11.6 Å². The molecule has 1 heterocycles. The second-order valence-electron chi connectivity index (χ2n) is 5.98. The van der Waals surface area contributed by atoms with Crippen molar-refractivity contribution in [2.75, 3.05) is 6.54 Å². The Morgan fingerprint density at radius 2 is 1.94 bits per heavy atom. The molecule has 3 aliphatic rings. The SMILES string of the molecule is CC1(N2CCC(NC3CC3)C2=O)CCCC1. The first kappa shape index (κ1) is 10.6. The van der Waals surface area contributed by atoms with E-state index in [0.29, 0.717) is 11.9 Å². The minimum absolute atomic E-state index is 0.130. The number of likely N-dealkylation sites (tertiary alicyclic amines) is 1. The third-order valence-electron chi connectivity index (χ3n) is 4.55. The van der Waals surface area contributed by atoms with Crippen molar-refractivity contribution in [3.05, 3.63) is 0 Å². The van der Waals surface area contributed by atoms with Crippen molar-refractivity contribution in [3.8, 4) is 0 Å². The molecule has 1 amide bonds. The minimum Gasteiger partial charge on any atom is -0.336 e. The highest BCUT2D eigenvalue weighted by Gasteiger charge is 2.44. The van der Waals surface area contributed by atoms with Crippen molar-refractivity contribution < 1.29 is 4.79 Å². The van der Waals surface area contributed by atoms with E-state index in [1.165, 1.54) is 38.5 Å². The number of hydrogen-bond acceptors (Lipinski definition) is 2. The highest BCUT2D eigenvalue weighted by Crippen LogP contribution is 2.37. The topological polar surface area (TPSA) is 32.3 Å². The number of nitrogens with zero attached hydrogens (tertiary/aromatic N) is 1. The summed E-state index contributed by atoms with van der Waals surface area (Å²) in [4.78, 5) is 14.5. The van der Waals surface area contributed by atoms with E-state index in [4.69, 9.17) is 0 Å². The van der Waals surface area contributed by atoms with Crippen LogP contribution in [0.4, 0.5) is 0 Å². The van der Waals surface area contributed by atoms with E-state index in [2.05, 4.69) is 17.1 Å². The highest BCUT2D eigenvalue weighted by atomic mass is 16.2. The summed E-state index contributed by atoms with van der Waals surface area (Å²) in [5.74, 6) is 0.372. The molecule has 16 heavy (non-hydrogen) atoms. The van der Waals surface area contributed by atoms with Crippen molar-refractivity contribution in [1.82, 2.24) is 10.2 Å². The van der Waals surface area contributed by atoms with Crippen LogP contribution in [0.2, 0.25) is 0 Å². The first-order valence-corrected chi connectivity index (χ1v) is 6.77. The molecule has 1 unspecified atom stereocenters. The van der Waals surface area contributed by atoms with Gasteiger partial charge in [0.15, 0.2) is 0 Å². The van der Waals surface area contributed by atoms with Crippen molar-refractivity contribution >= 4 is 5.91 Å². The maximum atomic E-state index is 12.3. The molecule has 1 aliphatic heterocycles. The largest absolute Gasteiger partial charge is 0.336 e. The molecule has 0 spiro atoms. The van der Waals surface area contributed by atoms with E-state index < -0.39 is 0 Å². The minimum atomic E-state index is 0.130. The van der Waals surface area contributed by atoms with E-state index >= 15 is 0 Å². The van der Waals surface area contributed by atoms with Crippen LogP contribution in [0.5, 0.6) is 0 Å². The van der Waals surface area contributed by atoms with Gasteiger partial charge in [0, 0.05) is 18.1 Å². The molecular weight excluding hydrogens is 200 g/mol. The van der Waals surface area contributed by atoms with Gasteiger partial charge in [0.1, 0.15) is 0 Å². The number of nitrogens with one attached hydrogen (secondary N) is 1. The molecule has 3 fully saturated rings. The van der Waals surface area contributed by atoms with Gasteiger partial charge in [-0.15, -0.1) is 0 Å². The van der Waals surface area contributed by atoms with Crippen LogP contribution < -0.4 is 5.32 Å². The van der Waals surface area contributed by atoms with E-state index in [1.807, 2.05) is 0 Å². The lowest BCUT2D eigenvalue weighted by atomic mass is 9.98. The summed E-state index contributed by atoms with van der Waals surface area (Å²) in [7, 11) is 0. The van der Waals surface area contributed by atoms with Crippen LogP contribution in [0.25, 0.3) is 0 Å². The summed E-state index contributed by atoms with van der Waals surface area (Å²) in [5.41, 5.74) is 0.178. The van der Waals surface area contributed by atoms with Crippen molar-refractivity contribution in [2.45, 2.75) is 69.5 Å². The molecule has 2 saturated carbocycles. The summed E-state index contributed by atoms with van der Waals surface area (Å²) in [6.45, 7) is 3.25. The molecule has 0 aromatic rings. The van der Waals surface area contributed by atoms with Gasteiger partial charge in [0.05, 0.1) is 6.04 Å². The van der Waals surface area contributed by atoms with Crippen LogP contribution >= 0.6 is 0 Å². The van der Waals surface area contributed by atoms with Gasteiger partial charge >= 0.3 is 0 Å². The zero-order valence-electron chi connectivity index (χ0n) is 10.2. The van der Waals surface area contributed by atoms with E-state index in [0.717, 1.165) is 13.0 Å². The average Bonchev–Trinajstić information content (AvgIpc) is 2.85. The molecule has 0 aromatic heterocycles. The van der Waals surface area contributed by atoms with Crippen molar-refractivity contribution in [3.63, 3.8) is 0 Å². The fraction of sp³-hybridized carbons (Fsp3) is 0.923. The zero-order chi connectivity index (χ0) is 11.2. The number of rotatable bonds is 3. The van der Waals surface area contributed by atoms with E-state index in [9.17, 15) is 4.79 Å². The van der Waals surface area contributed by atoms with Gasteiger partial charge in [-0.25, -0.2) is 0 Å². The molecule has 3 heteroatoms. The van der Waals surface area contributed by atoms with Gasteiger partial charge in [-0.05, 0) is 39.0 Å². The van der Waals surface area contributed by atoms with E-state index in [1.54, 1.807) is 0 Å². The molecule has 1 N–H and O–H groups in total. The number of carbonyl (C=O) groups excluding carboxylic acids is 1. The maximum absolute atomic E-state index is 12.3. The molecule has 1 atom stereocenters. The van der Waals surface area contributed by atoms with Crippen LogP contribution in [0, 0.1) is 0 Å². The van der Waals surface area contributed by atoms with Crippen LogP contribution in [0.3, 0.4) is 0 Å². The van der Waals surface area contributed by atoms with Crippen LogP contribution in [-0.4, -0.2) is 35.0 Å². The number of hydrogen-bond donors (Lipinski definition) is 1. The molecule has 1 saturated heterocycles. The van der Waals surface area contributed by atoms with Gasteiger partial charge in [0.25, 0.3) is 0 Å². The molecule has 0 radical (unpaired) electrons.